The molecule has 1 aromatic heterocycles. The van der Waals surface area contributed by atoms with E-state index in [1.54, 1.807) is 6.33 Å². The van der Waals surface area contributed by atoms with Gasteiger partial charge in [-0.3, -0.25) is 4.90 Å². The van der Waals surface area contributed by atoms with Crippen molar-refractivity contribution in [1.82, 2.24) is 19.7 Å². The van der Waals surface area contributed by atoms with E-state index < -0.39 is 0 Å². The van der Waals surface area contributed by atoms with E-state index in [9.17, 15) is 0 Å². The quantitative estimate of drug-likeness (QED) is 0.853. The maximum Gasteiger partial charge on any atom is 0.141 e. The molecule has 0 aromatic carbocycles. The summed E-state index contributed by atoms with van der Waals surface area (Å²) in [5.74, 6) is 1.63. The van der Waals surface area contributed by atoms with Crippen LogP contribution in [0.15, 0.2) is 6.33 Å². The van der Waals surface area contributed by atoms with Gasteiger partial charge in [0, 0.05) is 25.2 Å². The van der Waals surface area contributed by atoms with Crippen molar-refractivity contribution in [2.75, 3.05) is 13.1 Å². The Labute approximate surface area is 103 Å². The SMILES string of the molecule is CC1CN(Cc2ncnn2C(C)C)CCC1N. The average molecular weight is 237 g/mol. The summed E-state index contributed by atoms with van der Waals surface area (Å²) in [6, 6.07) is 0.728. The molecule has 1 aliphatic rings. The molecular formula is C12H23N5. The third kappa shape index (κ3) is 2.84. The highest BCUT2D eigenvalue weighted by Crippen LogP contribution is 2.17. The molecule has 0 saturated carbocycles. The first-order valence-electron chi connectivity index (χ1n) is 6.44. The summed E-state index contributed by atoms with van der Waals surface area (Å²) in [7, 11) is 0. The molecule has 96 valence electrons. The van der Waals surface area contributed by atoms with Crippen molar-refractivity contribution in [2.24, 2.45) is 11.7 Å². The van der Waals surface area contributed by atoms with E-state index in [0.717, 1.165) is 31.9 Å². The highest BCUT2D eigenvalue weighted by molar-refractivity contribution is 4.89. The van der Waals surface area contributed by atoms with Crippen LogP contribution in [0.1, 0.15) is 39.1 Å². The van der Waals surface area contributed by atoms with Crippen LogP contribution >= 0.6 is 0 Å². The van der Waals surface area contributed by atoms with Crippen LogP contribution in [0.2, 0.25) is 0 Å². The molecule has 2 heterocycles. The minimum Gasteiger partial charge on any atom is -0.327 e. The Hall–Kier alpha value is -0.940. The molecule has 2 unspecified atom stereocenters. The molecule has 5 heteroatoms. The lowest BCUT2D eigenvalue weighted by molar-refractivity contribution is 0.151. The number of hydrogen-bond acceptors (Lipinski definition) is 4. The van der Waals surface area contributed by atoms with Gasteiger partial charge in [-0.15, -0.1) is 0 Å². The van der Waals surface area contributed by atoms with Crippen molar-refractivity contribution in [1.29, 1.82) is 0 Å². The summed E-state index contributed by atoms with van der Waals surface area (Å²) in [4.78, 5) is 6.78. The van der Waals surface area contributed by atoms with E-state index in [4.69, 9.17) is 5.73 Å². The lowest BCUT2D eigenvalue weighted by atomic mass is 9.95. The monoisotopic (exact) mass is 237 g/mol. The smallest absolute Gasteiger partial charge is 0.141 e. The number of nitrogens with zero attached hydrogens (tertiary/aromatic N) is 4. The van der Waals surface area contributed by atoms with Gasteiger partial charge in [-0.2, -0.15) is 5.10 Å². The summed E-state index contributed by atoms with van der Waals surface area (Å²) in [5, 5.41) is 4.27. The van der Waals surface area contributed by atoms with E-state index >= 15 is 0 Å². The predicted molar refractivity (Wildman–Crippen MR) is 67.4 cm³/mol. The maximum absolute atomic E-state index is 6.03. The second kappa shape index (κ2) is 5.14. The standard InChI is InChI=1S/C12H23N5/c1-9(2)17-12(14-8-15-17)7-16-5-4-11(13)10(3)6-16/h8-11H,4-7,13H2,1-3H3. The van der Waals surface area contributed by atoms with E-state index in [1.165, 1.54) is 0 Å². The van der Waals surface area contributed by atoms with Gasteiger partial charge >= 0.3 is 0 Å². The minimum atomic E-state index is 0.356. The summed E-state index contributed by atoms with van der Waals surface area (Å²) in [6.07, 6.45) is 2.73. The first kappa shape index (κ1) is 12.5. The van der Waals surface area contributed by atoms with Gasteiger partial charge in [-0.1, -0.05) is 6.92 Å². The number of nitrogens with two attached hydrogens (primary N) is 1. The van der Waals surface area contributed by atoms with Crippen LogP contribution < -0.4 is 5.73 Å². The Morgan fingerprint density at radius 3 is 2.94 bits per heavy atom. The fraction of sp³-hybridized carbons (Fsp3) is 0.833. The predicted octanol–water partition coefficient (Wildman–Crippen LogP) is 1.03. The molecule has 0 bridgehead atoms. The van der Waals surface area contributed by atoms with Crippen LogP contribution in [-0.2, 0) is 6.54 Å². The molecule has 0 radical (unpaired) electrons. The zero-order valence-electron chi connectivity index (χ0n) is 11.0. The van der Waals surface area contributed by atoms with Gasteiger partial charge in [0.1, 0.15) is 12.2 Å². The van der Waals surface area contributed by atoms with Gasteiger partial charge in [-0.05, 0) is 26.2 Å². The number of likely N-dealkylation sites (tertiary alicyclic amines) is 1. The van der Waals surface area contributed by atoms with Crippen LogP contribution in [0, 0.1) is 5.92 Å². The van der Waals surface area contributed by atoms with Crippen LogP contribution in [-0.4, -0.2) is 38.8 Å². The van der Waals surface area contributed by atoms with Gasteiger partial charge in [0.2, 0.25) is 0 Å². The molecule has 2 rings (SSSR count). The average Bonchev–Trinajstić information content (AvgIpc) is 2.72. The Bertz CT molecular complexity index is 360. The zero-order chi connectivity index (χ0) is 12.4. The molecule has 17 heavy (non-hydrogen) atoms. The number of aromatic nitrogens is 3. The lowest BCUT2D eigenvalue weighted by Gasteiger charge is -2.34. The number of piperidine rings is 1. The van der Waals surface area contributed by atoms with E-state index in [-0.39, 0.29) is 0 Å². The normalized spacial score (nSPS) is 26.6. The molecule has 2 atom stereocenters. The van der Waals surface area contributed by atoms with E-state index in [2.05, 4.69) is 35.8 Å². The van der Waals surface area contributed by atoms with Gasteiger partial charge < -0.3 is 5.73 Å². The molecule has 0 spiro atoms. The van der Waals surface area contributed by atoms with Gasteiger partial charge in [0.25, 0.3) is 0 Å². The molecule has 0 amide bonds. The van der Waals surface area contributed by atoms with Crippen molar-refractivity contribution in [3.8, 4) is 0 Å². The van der Waals surface area contributed by atoms with Gasteiger partial charge in [-0.25, -0.2) is 9.67 Å². The third-order valence-electron chi connectivity index (χ3n) is 3.56. The maximum atomic E-state index is 6.03. The minimum absolute atomic E-state index is 0.356. The largest absolute Gasteiger partial charge is 0.327 e. The molecule has 1 saturated heterocycles. The Morgan fingerprint density at radius 2 is 2.29 bits per heavy atom. The number of hydrogen-bond donors (Lipinski definition) is 1. The molecule has 2 N–H and O–H groups in total. The van der Waals surface area contributed by atoms with E-state index in [1.807, 2.05) is 4.68 Å². The Morgan fingerprint density at radius 1 is 1.53 bits per heavy atom. The first-order valence-corrected chi connectivity index (χ1v) is 6.44. The Balaban J connectivity index is 1.99. The first-order chi connectivity index (χ1) is 8.08. The fourth-order valence-electron chi connectivity index (χ4n) is 2.41. The molecule has 1 aliphatic heterocycles. The summed E-state index contributed by atoms with van der Waals surface area (Å²) in [5.41, 5.74) is 6.03. The van der Waals surface area contributed by atoms with Crippen molar-refractivity contribution >= 4 is 0 Å². The molecule has 1 aromatic rings. The van der Waals surface area contributed by atoms with Gasteiger partial charge in [0.15, 0.2) is 0 Å². The third-order valence-corrected chi connectivity index (χ3v) is 3.56. The summed E-state index contributed by atoms with van der Waals surface area (Å²) < 4.78 is 2.00. The molecule has 0 aliphatic carbocycles. The Kier molecular flexibility index (Phi) is 3.79. The summed E-state index contributed by atoms with van der Waals surface area (Å²) >= 11 is 0. The van der Waals surface area contributed by atoms with Crippen molar-refractivity contribution in [3.05, 3.63) is 12.2 Å². The molecule has 1 fully saturated rings. The molecule has 5 nitrogen and oxygen atoms in total. The zero-order valence-corrected chi connectivity index (χ0v) is 11.0. The summed E-state index contributed by atoms with van der Waals surface area (Å²) in [6.45, 7) is 9.50. The second-order valence-corrected chi connectivity index (χ2v) is 5.38. The fourth-order valence-corrected chi connectivity index (χ4v) is 2.41. The highest BCUT2D eigenvalue weighted by atomic mass is 15.4. The second-order valence-electron chi connectivity index (χ2n) is 5.38. The number of rotatable bonds is 3. The van der Waals surface area contributed by atoms with E-state index in [0.29, 0.717) is 18.0 Å². The van der Waals surface area contributed by atoms with Crippen molar-refractivity contribution in [3.63, 3.8) is 0 Å². The van der Waals surface area contributed by atoms with Crippen molar-refractivity contribution in [2.45, 2.75) is 45.8 Å². The topological polar surface area (TPSA) is 60.0 Å². The van der Waals surface area contributed by atoms with Crippen LogP contribution in [0.3, 0.4) is 0 Å². The van der Waals surface area contributed by atoms with Gasteiger partial charge in [0.05, 0.1) is 6.54 Å². The molecular weight excluding hydrogens is 214 g/mol. The van der Waals surface area contributed by atoms with Crippen LogP contribution in [0.5, 0.6) is 0 Å². The van der Waals surface area contributed by atoms with Crippen LogP contribution in [0.25, 0.3) is 0 Å². The van der Waals surface area contributed by atoms with Crippen LogP contribution in [0.4, 0.5) is 0 Å². The lowest BCUT2D eigenvalue weighted by Crippen LogP contribution is -2.45. The highest BCUT2D eigenvalue weighted by Gasteiger charge is 2.24. The van der Waals surface area contributed by atoms with Crippen molar-refractivity contribution < 1.29 is 0 Å².